The van der Waals surface area contributed by atoms with Gasteiger partial charge in [-0.1, -0.05) is 0 Å². The highest BCUT2D eigenvalue weighted by atomic mass is 16.5. The van der Waals surface area contributed by atoms with E-state index in [9.17, 15) is 0 Å². The van der Waals surface area contributed by atoms with Gasteiger partial charge in [-0.3, -0.25) is 9.88 Å². The molecule has 36 heavy (non-hydrogen) atoms. The quantitative estimate of drug-likeness (QED) is 0.471. The number of aromatic nitrogens is 1. The SMILES string of the molecule is COc1ccc(-c2nc3c(c4c2C[C@H](C)OC4)CN(Cc2cc(OC)c(OC)c(OC)c2)CC3)cc1. The second-order valence-electron chi connectivity index (χ2n) is 9.39. The van der Waals surface area contributed by atoms with Gasteiger partial charge in [-0.05, 0) is 65.6 Å². The Bertz CT molecular complexity index is 1220. The van der Waals surface area contributed by atoms with Gasteiger partial charge in [0.1, 0.15) is 5.75 Å². The van der Waals surface area contributed by atoms with E-state index in [2.05, 4.69) is 24.0 Å². The number of rotatable bonds is 7. The summed E-state index contributed by atoms with van der Waals surface area (Å²) in [5, 5.41) is 0. The maximum absolute atomic E-state index is 6.12. The molecule has 1 atom stereocenters. The van der Waals surface area contributed by atoms with Gasteiger partial charge in [0.25, 0.3) is 0 Å². The van der Waals surface area contributed by atoms with E-state index in [-0.39, 0.29) is 6.10 Å². The van der Waals surface area contributed by atoms with Gasteiger partial charge in [-0.15, -0.1) is 0 Å². The topological polar surface area (TPSA) is 62.3 Å². The molecule has 0 unspecified atom stereocenters. The molecule has 0 aliphatic carbocycles. The highest BCUT2D eigenvalue weighted by molar-refractivity contribution is 5.67. The standard InChI is InChI=1S/C29H34N2O5/c1-18-12-22-24(17-36-18)23-16-31(15-19-13-26(33-3)29(35-5)27(14-19)34-4)11-10-25(23)30-28(22)20-6-8-21(32-2)9-7-20/h6-9,13-14,18H,10-12,15-17H2,1-5H3/t18-/m0/s1. The first-order valence-electron chi connectivity index (χ1n) is 12.3. The minimum absolute atomic E-state index is 0.174. The van der Waals surface area contributed by atoms with Crippen LogP contribution in [0.5, 0.6) is 23.0 Å². The molecule has 1 aromatic heterocycles. The molecule has 7 heteroatoms. The Morgan fingerprint density at radius 3 is 2.28 bits per heavy atom. The lowest BCUT2D eigenvalue weighted by Gasteiger charge is -2.34. The second-order valence-corrected chi connectivity index (χ2v) is 9.39. The highest BCUT2D eigenvalue weighted by Crippen LogP contribution is 2.40. The van der Waals surface area contributed by atoms with Gasteiger partial charge in [-0.2, -0.15) is 0 Å². The predicted molar refractivity (Wildman–Crippen MR) is 138 cm³/mol. The zero-order valence-corrected chi connectivity index (χ0v) is 21.7. The molecular formula is C29H34N2O5. The molecule has 0 radical (unpaired) electrons. The van der Waals surface area contributed by atoms with Crippen LogP contribution in [0.4, 0.5) is 0 Å². The van der Waals surface area contributed by atoms with Crippen molar-refractivity contribution in [1.29, 1.82) is 0 Å². The monoisotopic (exact) mass is 490 g/mol. The molecule has 0 saturated heterocycles. The average Bonchev–Trinajstić information content (AvgIpc) is 2.92. The minimum atomic E-state index is 0.174. The number of hydrogen-bond donors (Lipinski definition) is 0. The van der Waals surface area contributed by atoms with Crippen LogP contribution in [0.25, 0.3) is 11.3 Å². The third-order valence-corrected chi connectivity index (χ3v) is 7.15. The van der Waals surface area contributed by atoms with Crippen LogP contribution in [0.15, 0.2) is 36.4 Å². The van der Waals surface area contributed by atoms with E-state index in [0.29, 0.717) is 23.9 Å². The highest BCUT2D eigenvalue weighted by Gasteiger charge is 2.29. The summed E-state index contributed by atoms with van der Waals surface area (Å²) in [6.45, 7) is 5.30. The fourth-order valence-corrected chi connectivity index (χ4v) is 5.30. The Labute approximate surface area is 212 Å². The summed E-state index contributed by atoms with van der Waals surface area (Å²) in [5.74, 6) is 2.82. The van der Waals surface area contributed by atoms with Crippen LogP contribution in [-0.2, 0) is 37.3 Å². The first-order valence-corrected chi connectivity index (χ1v) is 12.3. The Kier molecular flexibility index (Phi) is 7.03. The summed E-state index contributed by atoms with van der Waals surface area (Å²) in [5.41, 5.74) is 8.44. The maximum Gasteiger partial charge on any atom is 0.203 e. The molecule has 0 N–H and O–H groups in total. The van der Waals surface area contributed by atoms with Gasteiger partial charge >= 0.3 is 0 Å². The predicted octanol–water partition coefficient (Wildman–Crippen LogP) is 4.80. The Morgan fingerprint density at radius 1 is 0.917 bits per heavy atom. The molecule has 0 spiro atoms. The van der Waals surface area contributed by atoms with Crippen molar-refractivity contribution in [2.45, 2.75) is 45.6 Å². The van der Waals surface area contributed by atoms with E-state index in [1.165, 1.54) is 22.4 Å². The summed E-state index contributed by atoms with van der Waals surface area (Å²) < 4.78 is 28.1. The van der Waals surface area contributed by atoms with E-state index in [1.54, 1.807) is 28.4 Å². The lowest BCUT2D eigenvalue weighted by Crippen LogP contribution is -2.33. The number of methoxy groups -OCH3 is 4. The number of nitrogens with zero attached hydrogens (tertiary/aromatic N) is 2. The van der Waals surface area contributed by atoms with Gasteiger partial charge in [0.15, 0.2) is 11.5 Å². The van der Waals surface area contributed by atoms with E-state index < -0.39 is 0 Å². The van der Waals surface area contributed by atoms with Crippen LogP contribution < -0.4 is 18.9 Å². The molecule has 2 aliphatic rings. The van der Waals surface area contributed by atoms with Gasteiger partial charge in [0.2, 0.25) is 5.75 Å². The van der Waals surface area contributed by atoms with E-state index in [4.69, 9.17) is 28.7 Å². The molecule has 0 amide bonds. The lowest BCUT2D eigenvalue weighted by atomic mass is 9.88. The van der Waals surface area contributed by atoms with Crippen LogP contribution in [0.2, 0.25) is 0 Å². The van der Waals surface area contributed by atoms with Crippen molar-refractivity contribution in [2.75, 3.05) is 35.0 Å². The molecule has 5 rings (SSSR count). The maximum atomic E-state index is 6.12. The first-order chi connectivity index (χ1) is 17.5. The Morgan fingerprint density at radius 2 is 1.64 bits per heavy atom. The average molecular weight is 491 g/mol. The second kappa shape index (κ2) is 10.4. The van der Waals surface area contributed by atoms with Gasteiger partial charge in [0, 0.05) is 43.7 Å². The number of hydrogen-bond acceptors (Lipinski definition) is 7. The number of benzene rings is 2. The van der Waals surface area contributed by atoms with Crippen molar-refractivity contribution < 1.29 is 23.7 Å². The zero-order chi connectivity index (χ0) is 25.2. The summed E-state index contributed by atoms with van der Waals surface area (Å²) in [6.07, 6.45) is 1.93. The molecule has 2 aromatic carbocycles. The molecule has 2 aliphatic heterocycles. The van der Waals surface area contributed by atoms with Crippen molar-refractivity contribution >= 4 is 0 Å². The van der Waals surface area contributed by atoms with E-state index >= 15 is 0 Å². The van der Waals surface area contributed by atoms with E-state index in [0.717, 1.165) is 55.0 Å². The van der Waals surface area contributed by atoms with E-state index in [1.807, 2.05) is 24.3 Å². The molecule has 0 saturated carbocycles. The van der Waals surface area contributed by atoms with Crippen LogP contribution >= 0.6 is 0 Å². The van der Waals surface area contributed by atoms with Crippen molar-refractivity contribution in [2.24, 2.45) is 0 Å². The fourth-order valence-electron chi connectivity index (χ4n) is 5.30. The van der Waals surface area contributed by atoms with Gasteiger partial charge in [-0.25, -0.2) is 0 Å². The van der Waals surface area contributed by atoms with Crippen molar-refractivity contribution in [3.8, 4) is 34.3 Å². The fraction of sp³-hybridized carbons (Fsp3) is 0.414. The molecular weight excluding hydrogens is 456 g/mol. The van der Waals surface area contributed by atoms with Crippen molar-refractivity contribution in [3.63, 3.8) is 0 Å². The molecule has 3 aromatic rings. The largest absolute Gasteiger partial charge is 0.497 e. The van der Waals surface area contributed by atoms with Gasteiger partial charge < -0.3 is 23.7 Å². The Hall–Kier alpha value is -3.29. The molecule has 0 fully saturated rings. The summed E-state index contributed by atoms with van der Waals surface area (Å²) in [7, 11) is 6.62. The number of fused-ring (bicyclic) bond motifs is 3. The molecule has 190 valence electrons. The zero-order valence-electron chi connectivity index (χ0n) is 21.7. The summed E-state index contributed by atoms with van der Waals surface area (Å²) in [4.78, 5) is 7.68. The van der Waals surface area contributed by atoms with Gasteiger partial charge in [0.05, 0.1) is 46.8 Å². The summed E-state index contributed by atoms with van der Waals surface area (Å²) in [6, 6.07) is 12.3. The Balaban J connectivity index is 1.47. The third-order valence-electron chi connectivity index (χ3n) is 7.15. The van der Waals surface area contributed by atoms with Crippen LogP contribution in [-0.4, -0.2) is 51.0 Å². The lowest BCUT2D eigenvalue weighted by molar-refractivity contribution is 0.0396. The normalized spacial score (nSPS) is 17.2. The van der Waals surface area contributed by atoms with Crippen LogP contribution in [0.1, 0.15) is 34.9 Å². The smallest absolute Gasteiger partial charge is 0.203 e. The number of ether oxygens (including phenoxy) is 5. The first kappa shape index (κ1) is 24.4. The van der Waals surface area contributed by atoms with Crippen molar-refractivity contribution in [1.82, 2.24) is 9.88 Å². The molecule has 0 bridgehead atoms. The molecule has 7 nitrogen and oxygen atoms in total. The third kappa shape index (κ3) is 4.61. The van der Waals surface area contributed by atoms with Crippen LogP contribution in [0.3, 0.4) is 0 Å². The van der Waals surface area contributed by atoms with Crippen LogP contribution in [0, 0.1) is 0 Å². The molecule has 3 heterocycles. The minimum Gasteiger partial charge on any atom is -0.497 e. The number of pyridine rings is 1. The van der Waals surface area contributed by atoms with Crippen molar-refractivity contribution in [3.05, 3.63) is 64.3 Å². The summed E-state index contributed by atoms with van der Waals surface area (Å²) >= 11 is 0.